The standard InChI is InChI=1S/C23H18N6O3S/c1-12-26-27-21(29(12)15-3-5-17-19(9-15)33-11-24-17)13-2-4-16-14(8-13)10-28(23(16)32)18-6-7-20(30)25-22(18)31/h2-5,8-9,11,18H,6-7,10H2,1H3,(H,25,30,31). The van der Waals surface area contributed by atoms with E-state index < -0.39 is 11.9 Å². The molecule has 0 aliphatic carbocycles. The van der Waals surface area contributed by atoms with Crippen LogP contribution in [0, 0.1) is 6.92 Å². The summed E-state index contributed by atoms with van der Waals surface area (Å²) in [6.07, 6.45) is 0.569. The fourth-order valence-electron chi connectivity index (χ4n) is 4.55. The molecule has 9 nitrogen and oxygen atoms in total. The number of thiazole rings is 1. The van der Waals surface area contributed by atoms with Crippen molar-refractivity contribution in [1.82, 2.24) is 30.0 Å². The molecule has 1 unspecified atom stereocenters. The van der Waals surface area contributed by atoms with Crippen LogP contribution in [0.2, 0.25) is 0 Å². The van der Waals surface area contributed by atoms with E-state index in [0.717, 1.165) is 32.9 Å². The van der Waals surface area contributed by atoms with Gasteiger partial charge in [0, 0.05) is 24.1 Å². The first-order valence-electron chi connectivity index (χ1n) is 10.5. The van der Waals surface area contributed by atoms with Crippen LogP contribution in [-0.2, 0) is 16.1 Å². The fourth-order valence-corrected chi connectivity index (χ4v) is 5.26. The molecule has 3 amide bonds. The number of piperidine rings is 1. The van der Waals surface area contributed by atoms with E-state index in [4.69, 9.17) is 0 Å². The smallest absolute Gasteiger partial charge is 0.255 e. The lowest BCUT2D eigenvalue weighted by Crippen LogP contribution is -2.52. The summed E-state index contributed by atoms with van der Waals surface area (Å²) in [6, 6.07) is 11.0. The van der Waals surface area contributed by atoms with Crippen LogP contribution >= 0.6 is 11.3 Å². The number of amides is 3. The minimum absolute atomic E-state index is 0.195. The normalized spacial score (nSPS) is 18.2. The van der Waals surface area contributed by atoms with Crippen molar-refractivity contribution >= 4 is 39.3 Å². The van der Waals surface area contributed by atoms with Crippen LogP contribution in [0.5, 0.6) is 0 Å². The first kappa shape index (κ1) is 19.7. The molecule has 2 aliphatic heterocycles. The quantitative estimate of drug-likeness (QED) is 0.473. The van der Waals surface area contributed by atoms with Crippen molar-refractivity contribution in [3.8, 4) is 17.1 Å². The van der Waals surface area contributed by atoms with Crippen LogP contribution in [0.3, 0.4) is 0 Å². The SMILES string of the molecule is Cc1nnc(-c2ccc3c(c2)CN(C2CCC(=O)NC2=O)C3=O)n1-c1ccc2ncsc2c1. The summed E-state index contributed by atoms with van der Waals surface area (Å²) in [5, 5.41) is 11.0. The summed E-state index contributed by atoms with van der Waals surface area (Å²) in [5.74, 6) is 0.511. The predicted octanol–water partition coefficient (Wildman–Crippen LogP) is 2.61. The molecular formula is C23H18N6O3S. The zero-order valence-electron chi connectivity index (χ0n) is 17.6. The molecule has 0 spiro atoms. The molecule has 0 radical (unpaired) electrons. The Morgan fingerprint density at radius 1 is 1.09 bits per heavy atom. The lowest BCUT2D eigenvalue weighted by Gasteiger charge is -2.29. The van der Waals surface area contributed by atoms with Crippen molar-refractivity contribution in [3.05, 3.63) is 58.9 Å². The van der Waals surface area contributed by atoms with Gasteiger partial charge in [0.15, 0.2) is 5.82 Å². The van der Waals surface area contributed by atoms with Crippen molar-refractivity contribution in [2.75, 3.05) is 0 Å². The van der Waals surface area contributed by atoms with Crippen molar-refractivity contribution < 1.29 is 14.4 Å². The number of nitrogens with zero attached hydrogens (tertiary/aromatic N) is 5. The van der Waals surface area contributed by atoms with Gasteiger partial charge in [0.2, 0.25) is 11.8 Å². The van der Waals surface area contributed by atoms with Crippen molar-refractivity contribution in [2.24, 2.45) is 0 Å². The van der Waals surface area contributed by atoms with E-state index in [0.29, 0.717) is 24.4 Å². The second-order valence-electron chi connectivity index (χ2n) is 8.18. The Bertz CT molecular complexity index is 1470. The summed E-state index contributed by atoms with van der Waals surface area (Å²) in [4.78, 5) is 42.7. The predicted molar refractivity (Wildman–Crippen MR) is 121 cm³/mol. The monoisotopic (exact) mass is 458 g/mol. The molecule has 2 aromatic heterocycles. The molecule has 2 aliphatic rings. The Kier molecular flexibility index (Phi) is 4.37. The number of carbonyl (C=O) groups excluding carboxylic acids is 3. The Hall–Kier alpha value is -3.92. The van der Waals surface area contributed by atoms with Crippen LogP contribution in [-0.4, -0.2) is 48.4 Å². The van der Waals surface area contributed by atoms with Crippen molar-refractivity contribution in [1.29, 1.82) is 0 Å². The van der Waals surface area contributed by atoms with Crippen LogP contribution in [0.4, 0.5) is 0 Å². The maximum Gasteiger partial charge on any atom is 0.255 e. The molecule has 0 saturated carbocycles. The maximum absolute atomic E-state index is 13.0. The van der Waals surface area contributed by atoms with Crippen molar-refractivity contribution in [2.45, 2.75) is 32.4 Å². The van der Waals surface area contributed by atoms with Gasteiger partial charge in [0.05, 0.1) is 21.4 Å². The molecular weight excluding hydrogens is 440 g/mol. The van der Waals surface area contributed by atoms with Gasteiger partial charge in [-0.05, 0) is 49.2 Å². The van der Waals surface area contributed by atoms with Gasteiger partial charge in [-0.25, -0.2) is 4.98 Å². The number of fused-ring (bicyclic) bond motifs is 2. The van der Waals surface area contributed by atoms with Gasteiger partial charge >= 0.3 is 0 Å². The molecule has 1 atom stereocenters. The van der Waals surface area contributed by atoms with Crippen LogP contribution in [0.25, 0.3) is 27.3 Å². The molecule has 1 saturated heterocycles. The minimum atomic E-state index is -0.636. The number of hydrogen-bond acceptors (Lipinski definition) is 7. The van der Waals surface area contributed by atoms with Crippen LogP contribution in [0.15, 0.2) is 41.9 Å². The lowest BCUT2D eigenvalue weighted by molar-refractivity contribution is -0.136. The Labute approximate surface area is 192 Å². The van der Waals surface area contributed by atoms with Gasteiger partial charge in [0.1, 0.15) is 11.9 Å². The summed E-state index contributed by atoms with van der Waals surface area (Å²) in [6.45, 7) is 2.21. The number of carbonyl (C=O) groups is 3. The molecule has 33 heavy (non-hydrogen) atoms. The first-order valence-corrected chi connectivity index (χ1v) is 11.4. The third-order valence-corrected chi connectivity index (χ3v) is 6.97. The van der Waals surface area contributed by atoms with Gasteiger partial charge in [0.25, 0.3) is 5.91 Å². The highest BCUT2D eigenvalue weighted by Gasteiger charge is 2.39. The molecule has 6 rings (SSSR count). The van der Waals surface area contributed by atoms with E-state index >= 15 is 0 Å². The van der Waals surface area contributed by atoms with Gasteiger partial charge in [-0.3, -0.25) is 24.3 Å². The van der Waals surface area contributed by atoms with E-state index in [-0.39, 0.29) is 18.2 Å². The van der Waals surface area contributed by atoms with E-state index in [2.05, 4.69) is 26.6 Å². The minimum Gasteiger partial charge on any atom is -0.322 e. The largest absolute Gasteiger partial charge is 0.322 e. The molecule has 4 heterocycles. The first-order chi connectivity index (χ1) is 16.0. The molecule has 0 bridgehead atoms. The highest BCUT2D eigenvalue weighted by Crippen LogP contribution is 2.32. The average Bonchev–Trinajstić information content (AvgIpc) is 3.50. The highest BCUT2D eigenvalue weighted by molar-refractivity contribution is 7.16. The van der Waals surface area contributed by atoms with E-state index in [1.807, 2.05) is 41.3 Å². The average molecular weight is 459 g/mol. The summed E-state index contributed by atoms with van der Waals surface area (Å²) < 4.78 is 3.06. The summed E-state index contributed by atoms with van der Waals surface area (Å²) in [7, 11) is 0. The second kappa shape index (κ2) is 7.31. The number of benzene rings is 2. The Morgan fingerprint density at radius 3 is 2.82 bits per heavy atom. The number of imide groups is 1. The maximum atomic E-state index is 13.0. The molecule has 2 aromatic carbocycles. The zero-order valence-corrected chi connectivity index (χ0v) is 18.4. The number of hydrogen-bond donors (Lipinski definition) is 1. The highest BCUT2D eigenvalue weighted by atomic mass is 32.1. The number of aryl methyl sites for hydroxylation is 1. The number of aromatic nitrogens is 4. The zero-order chi connectivity index (χ0) is 22.7. The Morgan fingerprint density at radius 2 is 1.97 bits per heavy atom. The Balaban J connectivity index is 1.36. The molecule has 1 fully saturated rings. The van der Waals surface area contributed by atoms with E-state index in [9.17, 15) is 14.4 Å². The third kappa shape index (κ3) is 3.13. The topological polar surface area (TPSA) is 110 Å². The van der Waals surface area contributed by atoms with Crippen molar-refractivity contribution in [3.63, 3.8) is 0 Å². The van der Waals surface area contributed by atoms with E-state index in [1.54, 1.807) is 22.3 Å². The number of nitrogens with one attached hydrogen (secondary N) is 1. The van der Waals surface area contributed by atoms with Gasteiger partial charge in [-0.15, -0.1) is 21.5 Å². The van der Waals surface area contributed by atoms with Gasteiger partial charge in [-0.2, -0.15) is 0 Å². The van der Waals surface area contributed by atoms with Gasteiger partial charge in [-0.1, -0.05) is 6.07 Å². The fraction of sp³-hybridized carbons (Fsp3) is 0.217. The van der Waals surface area contributed by atoms with Gasteiger partial charge < -0.3 is 4.90 Å². The third-order valence-electron chi connectivity index (χ3n) is 6.18. The van der Waals surface area contributed by atoms with E-state index in [1.165, 1.54) is 0 Å². The molecule has 1 N–H and O–H groups in total. The number of rotatable bonds is 3. The summed E-state index contributed by atoms with van der Waals surface area (Å²) in [5.41, 5.74) is 5.92. The molecule has 4 aromatic rings. The second-order valence-corrected chi connectivity index (χ2v) is 9.07. The molecule has 10 heteroatoms. The summed E-state index contributed by atoms with van der Waals surface area (Å²) >= 11 is 1.57. The van der Waals surface area contributed by atoms with Crippen LogP contribution in [0.1, 0.15) is 34.6 Å². The molecule has 164 valence electrons. The van der Waals surface area contributed by atoms with Crippen LogP contribution < -0.4 is 5.32 Å². The lowest BCUT2D eigenvalue weighted by atomic mass is 10.0.